The Labute approximate surface area is 127 Å². The first-order valence-electron chi connectivity index (χ1n) is 6.47. The van der Waals surface area contributed by atoms with Gasteiger partial charge >= 0.3 is 7.12 Å². The fourth-order valence-electron chi connectivity index (χ4n) is 2.03. The van der Waals surface area contributed by atoms with Crippen LogP contribution in [0, 0.1) is 0 Å². The maximum Gasteiger partial charge on any atom is 0.525 e. The van der Waals surface area contributed by atoms with Gasteiger partial charge in [0.2, 0.25) is 0 Å². The molecule has 1 saturated heterocycles. The van der Waals surface area contributed by atoms with Gasteiger partial charge < -0.3 is 9.31 Å². The Morgan fingerprint density at radius 1 is 1.30 bits per heavy atom. The summed E-state index contributed by atoms with van der Waals surface area (Å²) >= 11 is 3.28. The van der Waals surface area contributed by atoms with Gasteiger partial charge in [-0.1, -0.05) is 0 Å². The summed E-state index contributed by atoms with van der Waals surface area (Å²) in [5.74, 6) is 0. The van der Waals surface area contributed by atoms with Gasteiger partial charge in [0.15, 0.2) is 0 Å². The largest absolute Gasteiger partial charge is 0.525 e. The van der Waals surface area contributed by atoms with E-state index in [1.165, 1.54) is 0 Å². The van der Waals surface area contributed by atoms with Crippen molar-refractivity contribution in [3.8, 4) is 0 Å². The number of rotatable bonds is 2. The summed E-state index contributed by atoms with van der Waals surface area (Å²) in [5.41, 5.74) is -0.377. The van der Waals surface area contributed by atoms with E-state index in [4.69, 9.17) is 9.31 Å². The second kappa shape index (κ2) is 4.96. The predicted molar refractivity (Wildman–Crippen MR) is 80.7 cm³/mol. The number of hydrogen-bond acceptors (Lipinski definition) is 3. The van der Waals surface area contributed by atoms with Crippen LogP contribution in [0.15, 0.2) is 16.4 Å². The molecule has 0 aliphatic carbocycles. The molecular formula is C13H19BBrFN2O2. The van der Waals surface area contributed by atoms with Crippen molar-refractivity contribution in [2.24, 2.45) is 7.05 Å². The van der Waals surface area contributed by atoms with Crippen molar-refractivity contribution >= 4 is 28.6 Å². The van der Waals surface area contributed by atoms with Crippen molar-refractivity contribution in [1.82, 2.24) is 9.78 Å². The van der Waals surface area contributed by atoms with E-state index in [1.54, 1.807) is 24.7 Å². The molecule has 1 aromatic rings. The lowest BCUT2D eigenvalue weighted by Gasteiger charge is -2.32. The molecule has 1 aliphatic heterocycles. The molecule has 0 aromatic carbocycles. The van der Waals surface area contributed by atoms with Gasteiger partial charge in [0, 0.05) is 12.6 Å². The van der Waals surface area contributed by atoms with Crippen LogP contribution >= 0.6 is 15.9 Å². The maximum atomic E-state index is 14.6. The van der Waals surface area contributed by atoms with Gasteiger partial charge in [-0.15, -0.1) is 0 Å². The van der Waals surface area contributed by atoms with E-state index in [-0.39, 0.29) is 0 Å². The summed E-state index contributed by atoms with van der Waals surface area (Å²) in [5, 5.41) is 4.15. The van der Waals surface area contributed by atoms with E-state index in [9.17, 15) is 4.39 Å². The van der Waals surface area contributed by atoms with Crippen molar-refractivity contribution in [2.45, 2.75) is 45.8 Å². The van der Waals surface area contributed by atoms with E-state index >= 15 is 0 Å². The first kappa shape index (κ1) is 15.7. The minimum Gasteiger partial charge on any atom is -0.398 e. The molecule has 0 radical (unpaired) electrons. The molecule has 0 atom stereocenters. The third-order valence-electron chi connectivity index (χ3n) is 4.05. The summed E-state index contributed by atoms with van der Waals surface area (Å²) in [6.07, 6.45) is 0. The number of hydrogen-bond donors (Lipinski definition) is 0. The van der Waals surface area contributed by atoms with E-state index < -0.39 is 24.0 Å². The highest BCUT2D eigenvalue weighted by Crippen LogP contribution is 2.40. The average Bonchev–Trinajstić information content (AvgIpc) is 2.74. The van der Waals surface area contributed by atoms with E-state index in [0.717, 1.165) is 0 Å². The van der Waals surface area contributed by atoms with E-state index in [0.29, 0.717) is 15.9 Å². The fourth-order valence-corrected chi connectivity index (χ4v) is 2.48. The molecule has 1 aromatic heterocycles. The Bertz CT molecular complexity index is 553. The zero-order chi connectivity index (χ0) is 15.3. The molecule has 0 saturated carbocycles. The zero-order valence-electron chi connectivity index (χ0n) is 12.6. The lowest BCUT2D eigenvalue weighted by atomic mass is 9.84. The van der Waals surface area contributed by atoms with Crippen LogP contribution in [0.1, 0.15) is 40.3 Å². The Morgan fingerprint density at radius 3 is 2.20 bits per heavy atom. The maximum absolute atomic E-state index is 14.6. The second-order valence-electron chi connectivity index (χ2n) is 6.04. The van der Waals surface area contributed by atoms with Gasteiger partial charge in [0.25, 0.3) is 0 Å². The molecule has 7 heteroatoms. The van der Waals surface area contributed by atoms with Crippen molar-refractivity contribution in [2.75, 3.05) is 0 Å². The van der Waals surface area contributed by atoms with Gasteiger partial charge in [-0.3, -0.25) is 4.68 Å². The van der Waals surface area contributed by atoms with Crippen LogP contribution in [0.4, 0.5) is 4.39 Å². The molecule has 0 unspecified atom stereocenters. The zero-order valence-corrected chi connectivity index (χ0v) is 14.2. The topological polar surface area (TPSA) is 36.3 Å². The molecule has 2 heterocycles. The lowest BCUT2D eigenvalue weighted by Crippen LogP contribution is -2.41. The summed E-state index contributed by atoms with van der Waals surface area (Å²) in [6, 6.07) is 1.76. The summed E-state index contributed by atoms with van der Waals surface area (Å²) in [4.78, 5) is 0. The number of aryl methyl sites for hydroxylation is 1. The standard InChI is InChI=1S/C13H19BBrFN2O2/c1-8(9-7-10(15)17-18(9)6)11(16)14-19-12(2,3)13(4,5)20-14/h7H,1-6H3. The second-order valence-corrected chi connectivity index (χ2v) is 6.85. The van der Waals surface area contributed by atoms with Crippen LogP contribution in [0.2, 0.25) is 0 Å². The van der Waals surface area contributed by atoms with Gasteiger partial charge in [-0.05, 0) is 56.6 Å². The summed E-state index contributed by atoms with van der Waals surface area (Å²) < 4.78 is 28.4. The molecule has 2 rings (SSSR count). The minimum absolute atomic E-state index is 0.417. The van der Waals surface area contributed by atoms with E-state index in [1.807, 2.05) is 27.7 Å². The third kappa shape index (κ3) is 2.58. The molecule has 1 aliphatic rings. The SMILES string of the molecule is CC(=C(F)B1OC(C)(C)C(C)(C)O1)c1cc(Br)nn1C. The van der Waals surface area contributed by atoms with Crippen molar-refractivity contribution in [3.05, 3.63) is 22.1 Å². The van der Waals surface area contributed by atoms with Gasteiger partial charge in [-0.2, -0.15) is 5.10 Å². The number of allylic oxidation sites excluding steroid dienone is 1. The van der Waals surface area contributed by atoms with Crippen molar-refractivity contribution in [3.63, 3.8) is 0 Å². The monoisotopic (exact) mass is 344 g/mol. The Morgan fingerprint density at radius 2 is 1.80 bits per heavy atom. The van der Waals surface area contributed by atoms with Crippen LogP contribution in [-0.4, -0.2) is 28.1 Å². The average molecular weight is 345 g/mol. The van der Waals surface area contributed by atoms with Crippen LogP contribution in [0.25, 0.3) is 5.57 Å². The summed E-state index contributed by atoms with van der Waals surface area (Å²) in [6.45, 7) is 9.29. The van der Waals surface area contributed by atoms with Gasteiger partial charge in [-0.25, -0.2) is 4.39 Å². The van der Waals surface area contributed by atoms with Crippen LogP contribution < -0.4 is 0 Å². The number of aromatic nitrogens is 2. The third-order valence-corrected chi connectivity index (χ3v) is 4.44. The number of halogens is 2. The smallest absolute Gasteiger partial charge is 0.398 e. The lowest BCUT2D eigenvalue weighted by molar-refractivity contribution is 0.00578. The number of nitrogens with zero attached hydrogens (tertiary/aromatic N) is 2. The molecular weight excluding hydrogens is 326 g/mol. The normalized spacial score (nSPS) is 22.1. The fraction of sp³-hybridized carbons (Fsp3) is 0.615. The van der Waals surface area contributed by atoms with Crippen LogP contribution in [-0.2, 0) is 16.4 Å². The molecule has 4 nitrogen and oxygen atoms in total. The predicted octanol–water partition coefficient (Wildman–Crippen LogP) is 3.51. The molecule has 110 valence electrons. The highest BCUT2D eigenvalue weighted by molar-refractivity contribution is 9.10. The highest BCUT2D eigenvalue weighted by atomic mass is 79.9. The summed E-state index contributed by atoms with van der Waals surface area (Å²) in [7, 11) is 0.787. The first-order valence-corrected chi connectivity index (χ1v) is 7.26. The molecule has 0 spiro atoms. The molecule has 0 bridgehead atoms. The Balaban J connectivity index is 2.34. The highest BCUT2D eigenvalue weighted by Gasteiger charge is 2.53. The molecule has 0 N–H and O–H groups in total. The minimum atomic E-state index is -0.978. The molecule has 1 fully saturated rings. The van der Waals surface area contributed by atoms with Crippen LogP contribution in [0.5, 0.6) is 0 Å². The van der Waals surface area contributed by atoms with Crippen molar-refractivity contribution < 1.29 is 13.7 Å². The molecule has 0 amide bonds. The van der Waals surface area contributed by atoms with E-state index in [2.05, 4.69) is 21.0 Å². The quantitative estimate of drug-likeness (QED) is 0.770. The van der Waals surface area contributed by atoms with Gasteiger partial charge in [0.05, 0.1) is 16.9 Å². The van der Waals surface area contributed by atoms with Gasteiger partial charge in [0.1, 0.15) is 10.3 Å². The van der Waals surface area contributed by atoms with Crippen LogP contribution in [0.3, 0.4) is 0 Å². The van der Waals surface area contributed by atoms with Crippen molar-refractivity contribution in [1.29, 1.82) is 0 Å². The molecule has 20 heavy (non-hydrogen) atoms. The first-order chi connectivity index (χ1) is 9.05. The Kier molecular flexibility index (Phi) is 3.90. The Hall–Kier alpha value is -0.655.